The highest BCUT2D eigenvalue weighted by molar-refractivity contribution is 7.84. The maximum Gasteiger partial charge on any atom is 0.226 e. The maximum atomic E-state index is 12.9. The van der Waals surface area contributed by atoms with E-state index in [0.717, 1.165) is 16.7 Å². The minimum atomic E-state index is -1.35. The van der Waals surface area contributed by atoms with Crippen LogP contribution in [0.25, 0.3) is 11.5 Å². The van der Waals surface area contributed by atoms with Gasteiger partial charge in [0.1, 0.15) is 17.4 Å². The van der Waals surface area contributed by atoms with E-state index < -0.39 is 10.8 Å². The van der Waals surface area contributed by atoms with Gasteiger partial charge in [0, 0.05) is 29.9 Å². The Bertz CT molecular complexity index is 1030. The molecule has 0 radical (unpaired) electrons. The van der Waals surface area contributed by atoms with Crippen LogP contribution in [0.2, 0.25) is 0 Å². The average Bonchev–Trinajstić information content (AvgIpc) is 3.10. The predicted octanol–water partition coefficient (Wildman–Crippen LogP) is 4.78. The molecule has 0 bridgehead atoms. The molecule has 7 heteroatoms. The number of Topliss-reactive ketones (excluding diaryl/α,β-unsaturated/α-hetero) is 1. The number of hydrogen-bond acceptors (Lipinski definition) is 5. The van der Waals surface area contributed by atoms with Gasteiger partial charge < -0.3 is 9.15 Å². The van der Waals surface area contributed by atoms with Gasteiger partial charge in [-0.25, -0.2) is 9.37 Å². The zero-order valence-corrected chi connectivity index (χ0v) is 18.5. The molecule has 164 valence electrons. The first-order chi connectivity index (χ1) is 14.9. The number of halogens is 1. The quantitative estimate of drug-likeness (QED) is 0.427. The molecule has 3 rings (SSSR count). The number of hydrogen-bond donors (Lipinski definition) is 0. The first-order valence-corrected chi connectivity index (χ1v) is 11.6. The van der Waals surface area contributed by atoms with Crippen LogP contribution in [-0.4, -0.2) is 27.8 Å². The van der Waals surface area contributed by atoms with E-state index in [1.165, 1.54) is 12.1 Å². The van der Waals surface area contributed by atoms with E-state index in [9.17, 15) is 13.4 Å². The summed E-state index contributed by atoms with van der Waals surface area (Å²) in [5, 5.41) is 0. The lowest BCUT2D eigenvalue weighted by molar-refractivity contribution is -0.116. The summed E-state index contributed by atoms with van der Waals surface area (Å²) in [5.41, 5.74) is 3.47. The Morgan fingerprint density at radius 3 is 2.45 bits per heavy atom. The summed E-state index contributed by atoms with van der Waals surface area (Å²) >= 11 is 0. The van der Waals surface area contributed by atoms with Gasteiger partial charge in [-0.15, -0.1) is 0 Å². The van der Waals surface area contributed by atoms with Crippen molar-refractivity contribution < 1.29 is 22.5 Å². The van der Waals surface area contributed by atoms with Gasteiger partial charge in [0.15, 0.2) is 0 Å². The Labute approximate surface area is 184 Å². The minimum Gasteiger partial charge on any atom is -0.441 e. The van der Waals surface area contributed by atoms with Crippen LogP contribution in [0.5, 0.6) is 0 Å². The maximum absolute atomic E-state index is 12.9. The Balaban J connectivity index is 1.49. The number of methoxy groups -OCH3 is 1. The standard InChI is InChI=1S/C24H26FNO4S/c1-17-23(26-24(30-17)20-10-6-19(7-11-20)14-29-2)16-31(28)15-22(27)5-3-4-18-8-12-21(25)13-9-18/h6-13H,3-5,14-16H2,1-2H3. The molecule has 0 aliphatic heterocycles. The molecule has 0 saturated carbocycles. The second-order valence-corrected chi connectivity index (χ2v) is 8.86. The predicted molar refractivity (Wildman–Crippen MR) is 118 cm³/mol. The largest absolute Gasteiger partial charge is 0.441 e. The van der Waals surface area contributed by atoms with E-state index in [4.69, 9.17) is 9.15 Å². The fourth-order valence-corrected chi connectivity index (χ4v) is 4.37. The third kappa shape index (κ3) is 6.94. The molecule has 5 nitrogen and oxygen atoms in total. The van der Waals surface area contributed by atoms with Crippen molar-refractivity contribution in [3.63, 3.8) is 0 Å². The van der Waals surface area contributed by atoms with Crippen LogP contribution in [0.4, 0.5) is 4.39 Å². The molecule has 0 amide bonds. The second kappa shape index (κ2) is 11.1. The first kappa shape index (κ1) is 23.0. The Morgan fingerprint density at radius 2 is 1.77 bits per heavy atom. The number of aromatic nitrogens is 1. The summed E-state index contributed by atoms with van der Waals surface area (Å²) in [6, 6.07) is 14.0. The highest BCUT2D eigenvalue weighted by Crippen LogP contribution is 2.23. The molecule has 0 N–H and O–H groups in total. The Morgan fingerprint density at radius 1 is 1.10 bits per heavy atom. The van der Waals surface area contributed by atoms with Crippen LogP contribution in [-0.2, 0) is 39.1 Å². The molecule has 1 aromatic heterocycles. The van der Waals surface area contributed by atoms with Crippen LogP contribution in [0.3, 0.4) is 0 Å². The molecule has 0 aliphatic carbocycles. The number of carbonyl (C=O) groups is 1. The molecule has 0 saturated heterocycles. The molecule has 0 spiro atoms. The number of ketones is 1. The summed E-state index contributed by atoms with van der Waals surface area (Å²) < 4.78 is 36.2. The van der Waals surface area contributed by atoms with Gasteiger partial charge >= 0.3 is 0 Å². The lowest BCUT2D eigenvalue weighted by Crippen LogP contribution is -2.12. The van der Waals surface area contributed by atoms with Crippen molar-refractivity contribution in [3.8, 4) is 11.5 Å². The zero-order chi connectivity index (χ0) is 22.2. The number of benzene rings is 2. The highest BCUT2D eigenvalue weighted by atomic mass is 32.2. The first-order valence-electron chi connectivity index (χ1n) is 10.1. The Kier molecular flexibility index (Phi) is 8.26. The van der Waals surface area contributed by atoms with Gasteiger partial charge in [0.05, 0.1) is 23.8 Å². The number of ether oxygens (including phenoxy) is 1. The van der Waals surface area contributed by atoms with E-state index in [1.807, 2.05) is 24.3 Å². The lowest BCUT2D eigenvalue weighted by atomic mass is 10.1. The van der Waals surface area contributed by atoms with Crippen molar-refractivity contribution in [1.29, 1.82) is 0 Å². The zero-order valence-electron chi connectivity index (χ0n) is 17.7. The molecule has 0 aliphatic rings. The van der Waals surface area contributed by atoms with Crippen LogP contribution in [0.15, 0.2) is 52.9 Å². The smallest absolute Gasteiger partial charge is 0.226 e. The van der Waals surface area contributed by atoms with Gasteiger partial charge in [-0.2, -0.15) is 0 Å². The third-order valence-corrected chi connectivity index (χ3v) is 6.10. The van der Waals surface area contributed by atoms with E-state index in [0.29, 0.717) is 43.2 Å². The highest BCUT2D eigenvalue weighted by Gasteiger charge is 2.16. The van der Waals surface area contributed by atoms with Crippen molar-refractivity contribution in [1.82, 2.24) is 4.98 Å². The molecule has 2 aromatic carbocycles. The number of aryl methyl sites for hydroxylation is 2. The topological polar surface area (TPSA) is 69.4 Å². The summed E-state index contributed by atoms with van der Waals surface area (Å²) in [7, 11) is 0.297. The molecule has 1 atom stereocenters. The van der Waals surface area contributed by atoms with Crippen molar-refractivity contribution >= 4 is 16.6 Å². The van der Waals surface area contributed by atoms with Crippen LogP contribution in [0, 0.1) is 12.7 Å². The van der Waals surface area contributed by atoms with E-state index in [2.05, 4.69) is 4.98 Å². The van der Waals surface area contributed by atoms with Crippen molar-refractivity contribution in [2.45, 2.75) is 38.5 Å². The van der Waals surface area contributed by atoms with Crippen LogP contribution in [0.1, 0.15) is 35.4 Å². The Hall–Kier alpha value is -2.64. The number of nitrogens with zero attached hydrogens (tertiary/aromatic N) is 1. The summed E-state index contributed by atoms with van der Waals surface area (Å²) in [6.07, 6.45) is 1.68. The van der Waals surface area contributed by atoms with Gasteiger partial charge in [-0.1, -0.05) is 24.3 Å². The minimum absolute atomic E-state index is 0.00321. The summed E-state index contributed by atoms with van der Waals surface area (Å²) in [4.78, 5) is 16.7. The van der Waals surface area contributed by atoms with Crippen molar-refractivity contribution in [2.24, 2.45) is 0 Å². The molecule has 0 fully saturated rings. The lowest BCUT2D eigenvalue weighted by Gasteiger charge is -2.02. The number of oxazole rings is 1. The van der Waals surface area contributed by atoms with E-state index >= 15 is 0 Å². The van der Waals surface area contributed by atoms with E-state index in [-0.39, 0.29) is 23.1 Å². The van der Waals surface area contributed by atoms with Gasteiger partial charge in [0.25, 0.3) is 0 Å². The van der Waals surface area contributed by atoms with Gasteiger partial charge in [0.2, 0.25) is 5.89 Å². The second-order valence-electron chi connectivity index (χ2n) is 7.40. The third-order valence-electron chi connectivity index (χ3n) is 4.86. The van der Waals surface area contributed by atoms with Crippen molar-refractivity contribution in [3.05, 3.63) is 76.9 Å². The molecule has 3 aromatic rings. The summed E-state index contributed by atoms with van der Waals surface area (Å²) in [5.74, 6) is 0.935. The SMILES string of the molecule is COCc1ccc(-c2nc(CS(=O)CC(=O)CCCc3ccc(F)cc3)c(C)o2)cc1. The van der Waals surface area contributed by atoms with Gasteiger partial charge in [-0.05, 0) is 55.2 Å². The fourth-order valence-electron chi connectivity index (χ4n) is 3.19. The summed E-state index contributed by atoms with van der Waals surface area (Å²) in [6.45, 7) is 2.32. The fraction of sp³-hybridized carbons (Fsp3) is 0.333. The number of rotatable bonds is 11. The van der Waals surface area contributed by atoms with Crippen LogP contribution < -0.4 is 0 Å². The van der Waals surface area contributed by atoms with Gasteiger partial charge in [-0.3, -0.25) is 9.00 Å². The molecule has 1 heterocycles. The average molecular weight is 444 g/mol. The normalized spacial score (nSPS) is 12.1. The molecule has 1 unspecified atom stereocenters. The van der Waals surface area contributed by atoms with Crippen LogP contribution >= 0.6 is 0 Å². The molecular weight excluding hydrogens is 417 g/mol. The van der Waals surface area contributed by atoms with Crippen molar-refractivity contribution in [2.75, 3.05) is 12.9 Å². The molecule has 31 heavy (non-hydrogen) atoms. The monoisotopic (exact) mass is 443 g/mol. The van der Waals surface area contributed by atoms with E-state index in [1.54, 1.807) is 26.2 Å². The number of carbonyl (C=O) groups excluding carboxylic acids is 1. The molecular formula is C24H26FNO4S.